The van der Waals surface area contributed by atoms with Gasteiger partial charge in [0.1, 0.15) is 0 Å². The van der Waals surface area contributed by atoms with Crippen molar-refractivity contribution in [3.63, 3.8) is 0 Å². The summed E-state index contributed by atoms with van der Waals surface area (Å²) in [5.74, 6) is 0.884. The molecule has 2 heterocycles. The van der Waals surface area contributed by atoms with Crippen LogP contribution in [0.4, 0.5) is 5.69 Å². The molecule has 1 amide bonds. The van der Waals surface area contributed by atoms with E-state index < -0.39 is 0 Å². The van der Waals surface area contributed by atoms with Gasteiger partial charge in [-0.05, 0) is 79.8 Å². The predicted octanol–water partition coefficient (Wildman–Crippen LogP) is 5.15. The van der Waals surface area contributed by atoms with Crippen LogP contribution in [0, 0.1) is 5.41 Å². The molecule has 2 aliphatic heterocycles. The van der Waals surface area contributed by atoms with E-state index >= 15 is 0 Å². The summed E-state index contributed by atoms with van der Waals surface area (Å²) in [6.45, 7) is 9.17. The van der Waals surface area contributed by atoms with Crippen molar-refractivity contribution in [1.29, 1.82) is 0 Å². The molecule has 4 heteroatoms. The number of piperidine rings is 1. The van der Waals surface area contributed by atoms with Crippen molar-refractivity contribution < 1.29 is 4.79 Å². The maximum absolute atomic E-state index is 12.0. The quantitative estimate of drug-likeness (QED) is 0.712. The molecule has 2 aromatic rings. The van der Waals surface area contributed by atoms with Crippen LogP contribution in [0.5, 0.6) is 0 Å². The summed E-state index contributed by atoms with van der Waals surface area (Å²) in [5, 5.41) is 0. The standard InChI is InChI=1S/C28H37N3O/c1-20(2)21-9-3-4-10-22(21)24-19-28(26(24)31-15-7-8-16-31)13-17-30(18-14-28)25-12-6-5-11-23(25)27(29)32/h3-6,9-12,20,24,26H,7-8,13-19H2,1-2H3,(H2,29,32). The highest BCUT2D eigenvalue weighted by Crippen LogP contribution is 2.60. The topological polar surface area (TPSA) is 49.6 Å². The van der Waals surface area contributed by atoms with Gasteiger partial charge in [0.15, 0.2) is 0 Å². The Balaban J connectivity index is 1.39. The second kappa shape index (κ2) is 8.55. The molecule has 32 heavy (non-hydrogen) atoms. The Kier molecular flexibility index (Phi) is 5.75. The summed E-state index contributed by atoms with van der Waals surface area (Å²) in [7, 11) is 0. The van der Waals surface area contributed by atoms with Gasteiger partial charge in [0.2, 0.25) is 0 Å². The SMILES string of the molecule is CC(C)c1ccccc1C1CC2(CCN(c3ccccc3C(N)=O)CC2)C1N1CCCC1. The van der Waals surface area contributed by atoms with Gasteiger partial charge in [0.05, 0.1) is 5.56 Å². The fraction of sp³-hybridized carbons (Fsp3) is 0.536. The van der Waals surface area contributed by atoms with E-state index in [1.807, 2.05) is 18.2 Å². The molecular formula is C28H37N3O. The zero-order valence-electron chi connectivity index (χ0n) is 19.6. The summed E-state index contributed by atoms with van der Waals surface area (Å²) in [6.07, 6.45) is 6.36. The number of nitrogens with two attached hydrogens (primary N) is 1. The van der Waals surface area contributed by atoms with Gasteiger partial charge < -0.3 is 10.6 Å². The van der Waals surface area contributed by atoms with E-state index in [0.717, 1.165) is 18.8 Å². The molecule has 4 nitrogen and oxygen atoms in total. The Morgan fingerprint density at radius 2 is 1.62 bits per heavy atom. The summed E-state index contributed by atoms with van der Waals surface area (Å²) in [6, 6.07) is 17.7. The third kappa shape index (κ3) is 3.63. The van der Waals surface area contributed by atoms with Gasteiger partial charge in [-0.15, -0.1) is 0 Å². The Labute approximate surface area is 192 Å². The Bertz CT molecular complexity index is 970. The predicted molar refractivity (Wildman–Crippen MR) is 131 cm³/mol. The highest BCUT2D eigenvalue weighted by atomic mass is 16.1. The molecular weight excluding hydrogens is 394 g/mol. The van der Waals surface area contributed by atoms with Gasteiger partial charge in [-0.1, -0.05) is 50.2 Å². The van der Waals surface area contributed by atoms with E-state index in [0.29, 0.717) is 28.9 Å². The van der Waals surface area contributed by atoms with Gasteiger partial charge in [0, 0.05) is 30.7 Å². The van der Waals surface area contributed by atoms with E-state index in [-0.39, 0.29) is 5.91 Å². The molecule has 0 radical (unpaired) electrons. The van der Waals surface area contributed by atoms with Gasteiger partial charge in [0.25, 0.3) is 5.91 Å². The Morgan fingerprint density at radius 1 is 0.969 bits per heavy atom. The second-order valence-electron chi connectivity index (χ2n) is 10.5. The number of likely N-dealkylation sites (tertiary alicyclic amines) is 1. The minimum atomic E-state index is -0.329. The van der Waals surface area contributed by atoms with E-state index in [1.165, 1.54) is 50.8 Å². The maximum Gasteiger partial charge on any atom is 0.250 e. The molecule has 2 unspecified atom stereocenters. The number of nitrogens with zero attached hydrogens (tertiary/aromatic N) is 2. The lowest BCUT2D eigenvalue weighted by Crippen LogP contribution is -2.63. The third-order valence-electron chi connectivity index (χ3n) is 8.46. The molecule has 3 aliphatic rings. The smallest absolute Gasteiger partial charge is 0.250 e. The summed E-state index contributed by atoms with van der Waals surface area (Å²) in [5.41, 5.74) is 10.8. The van der Waals surface area contributed by atoms with Crippen molar-refractivity contribution >= 4 is 11.6 Å². The fourth-order valence-corrected chi connectivity index (χ4v) is 6.90. The lowest BCUT2D eigenvalue weighted by molar-refractivity contribution is -0.0568. The number of primary amides is 1. The number of hydrogen-bond acceptors (Lipinski definition) is 3. The van der Waals surface area contributed by atoms with Crippen molar-refractivity contribution in [2.75, 3.05) is 31.1 Å². The molecule has 1 aliphatic carbocycles. The van der Waals surface area contributed by atoms with E-state index in [4.69, 9.17) is 5.73 Å². The number of anilines is 1. The average Bonchev–Trinajstić information content (AvgIpc) is 3.31. The summed E-state index contributed by atoms with van der Waals surface area (Å²) < 4.78 is 0. The van der Waals surface area contributed by atoms with Crippen molar-refractivity contribution in [3.8, 4) is 0 Å². The van der Waals surface area contributed by atoms with Gasteiger partial charge in [-0.25, -0.2) is 0 Å². The summed E-state index contributed by atoms with van der Waals surface area (Å²) in [4.78, 5) is 17.2. The normalized spacial score (nSPS) is 25.3. The number of amides is 1. The molecule has 2 saturated heterocycles. The van der Waals surface area contributed by atoms with Crippen molar-refractivity contribution in [3.05, 3.63) is 65.2 Å². The zero-order valence-corrected chi connectivity index (χ0v) is 19.6. The Hall–Kier alpha value is -2.33. The molecule has 0 aromatic heterocycles. The molecule has 170 valence electrons. The van der Waals surface area contributed by atoms with Gasteiger partial charge in [-0.3, -0.25) is 9.69 Å². The van der Waals surface area contributed by atoms with Crippen LogP contribution in [0.25, 0.3) is 0 Å². The van der Waals surface area contributed by atoms with E-state index in [2.05, 4.69) is 54.0 Å². The van der Waals surface area contributed by atoms with Crippen LogP contribution in [0.2, 0.25) is 0 Å². The monoisotopic (exact) mass is 431 g/mol. The summed E-state index contributed by atoms with van der Waals surface area (Å²) >= 11 is 0. The number of benzene rings is 2. The number of para-hydroxylation sites is 1. The number of rotatable bonds is 5. The first-order valence-corrected chi connectivity index (χ1v) is 12.5. The lowest BCUT2D eigenvalue weighted by atomic mass is 9.51. The highest BCUT2D eigenvalue weighted by Gasteiger charge is 2.57. The van der Waals surface area contributed by atoms with Crippen molar-refractivity contribution in [2.24, 2.45) is 11.1 Å². The van der Waals surface area contributed by atoms with Crippen LogP contribution in [-0.4, -0.2) is 43.0 Å². The first-order chi connectivity index (χ1) is 15.5. The van der Waals surface area contributed by atoms with Crippen LogP contribution in [0.3, 0.4) is 0 Å². The molecule has 1 spiro atoms. The van der Waals surface area contributed by atoms with Crippen molar-refractivity contribution in [1.82, 2.24) is 4.90 Å². The first-order valence-electron chi connectivity index (χ1n) is 12.5. The minimum absolute atomic E-state index is 0.329. The van der Waals surface area contributed by atoms with Crippen LogP contribution in [-0.2, 0) is 0 Å². The molecule has 2 aromatic carbocycles. The Morgan fingerprint density at radius 3 is 2.31 bits per heavy atom. The molecule has 3 fully saturated rings. The van der Waals surface area contributed by atoms with E-state index in [1.54, 1.807) is 5.56 Å². The van der Waals surface area contributed by atoms with E-state index in [9.17, 15) is 4.79 Å². The highest BCUT2D eigenvalue weighted by molar-refractivity contribution is 5.98. The molecule has 1 saturated carbocycles. The first kappa shape index (κ1) is 21.5. The largest absolute Gasteiger partial charge is 0.371 e. The number of carbonyl (C=O) groups is 1. The molecule has 5 rings (SSSR count). The molecule has 2 N–H and O–H groups in total. The second-order valence-corrected chi connectivity index (χ2v) is 10.5. The van der Waals surface area contributed by atoms with Crippen LogP contribution < -0.4 is 10.6 Å². The average molecular weight is 432 g/mol. The van der Waals surface area contributed by atoms with Crippen LogP contribution in [0.1, 0.15) is 79.3 Å². The van der Waals surface area contributed by atoms with Gasteiger partial charge >= 0.3 is 0 Å². The van der Waals surface area contributed by atoms with Crippen molar-refractivity contribution in [2.45, 2.75) is 63.8 Å². The van der Waals surface area contributed by atoms with Crippen LogP contribution >= 0.6 is 0 Å². The van der Waals surface area contributed by atoms with Gasteiger partial charge in [-0.2, -0.15) is 0 Å². The minimum Gasteiger partial charge on any atom is -0.371 e. The lowest BCUT2D eigenvalue weighted by Gasteiger charge is -2.62. The maximum atomic E-state index is 12.0. The fourth-order valence-electron chi connectivity index (χ4n) is 6.90. The number of carbonyl (C=O) groups excluding carboxylic acids is 1. The molecule has 2 atom stereocenters. The molecule has 0 bridgehead atoms. The zero-order chi connectivity index (χ0) is 22.3. The number of hydrogen-bond donors (Lipinski definition) is 1. The third-order valence-corrected chi connectivity index (χ3v) is 8.46. The van der Waals surface area contributed by atoms with Crippen LogP contribution in [0.15, 0.2) is 48.5 Å².